The Balaban J connectivity index is 0.00000107. The molecule has 1 aliphatic carbocycles. The first-order valence-corrected chi connectivity index (χ1v) is 12.5. The molecule has 0 unspecified atom stereocenters. The number of aryl methyl sites for hydroxylation is 1. The van der Waals surface area contributed by atoms with Crippen LogP contribution in [0.1, 0.15) is 30.5 Å². The van der Waals surface area contributed by atoms with Crippen LogP contribution < -0.4 is 29.6 Å². The third kappa shape index (κ3) is 8.57. The van der Waals surface area contributed by atoms with Gasteiger partial charge in [0.15, 0.2) is 5.71 Å². The van der Waals surface area contributed by atoms with Crippen LogP contribution in [0.15, 0.2) is 77.2 Å². The molecule has 0 aromatic heterocycles. The number of nitrogens with zero attached hydrogens (tertiary/aromatic N) is 1. The predicted molar refractivity (Wildman–Crippen MR) is 125 cm³/mol. The molecule has 2 aromatic carbocycles. The number of hydrogen-bond donors (Lipinski definition) is 0. The first-order valence-electron chi connectivity index (χ1n) is 10.1. The van der Waals surface area contributed by atoms with Crippen LogP contribution in [-0.4, -0.2) is 49.0 Å². The monoisotopic (exact) mass is 509 g/mol. The fraction of sp³-hybridized carbons (Fsp3) is 0.208. The maximum Gasteiger partial charge on any atom is 1.00 e. The first kappa shape index (κ1) is 29.9. The molecule has 0 atom stereocenters. The summed E-state index contributed by atoms with van der Waals surface area (Å²) in [6.07, 6.45) is 8.17. The Labute approximate surface area is 224 Å². The molecule has 0 N–H and O–H groups in total. The first-order chi connectivity index (χ1) is 15.6. The second-order valence-corrected chi connectivity index (χ2v) is 8.84. The van der Waals surface area contributed by atoms with Gasteiger partial charge in [-0.05, 0) is 25.7 Å². The van der Waals surface area contributed by atoms with Gasteiger partial charge in [0.05, 0.1) is 0 Å². The van der Waals surface area contributed by atoms with Gasteiger partial charge >= 0.3 is 40.2 Å². The molecule has 34 heavy (non-hydrogen) atoms. The standard InChI is InChI=1S/C24H25NO3S.Na.O3S/c1-4-25(5-2)22-15-13-20(14-16-22)24(19-11-9-18(3)10-12-19)21-7-6-8-23(17-21)29(26,27)28;;1-4(2)3/h6,8-17H,4-5H2,1-3H3,(H,26,27,28);;/q;+1;/p-1. The third-order valence-electron chi connectivity index (χ3n) is 4.96. The van der Waals surface area contributed by atoms with Gasteiger partial charge in [-0.15, -0.1) is 42.5 Å². The van der Waals surface area contributed by atoms with Crippen molar-refractivity contribution < 1.29 is 59.7 Å². The Bertz CT molecular complexity index is 1330. The van der Waals surface area contributed by atoms with Gasteiger partial charge in [0.2, 0.25) is 0 Å². The van der Waals surface area contributed by atoms with Crippen molar-refractivity contribution in [3.63, 3.8) is 0 Å². The molecule has 0 bridgehead atoms. The molecule has 174 valence electrons. The van der Waals surface area contributed by atoms with Crippen molar-refractivity contribution in [3.8, 4) is 0 Å². The second kappa shape index (κ2) is 13.7. The summed E-state index contributed by atoms with van der Waals surface area (Å²) < 4.78 is 62.2. The van der Waals surface area contributed by atoms with E-state index in [1.165, 1.54) is 18.2 Å². The van der Waals surface area contributed by atoms with Crippen LogP contribution >= 0.6 is 0 Å². The molecule has 0 heterocycles. The van der Waals surface area contributed by atoms with Crippen molar-refractivity contribution >= 4 is 32.0 Å². The van der Waals surface area contributed by atoms with Crippen molar-refractivity contribution in [2.24, 2.45) is 0 Å². The fourth-order valence-corrected chi connectivity index (χ4v) is 3.87. The van der Waals surface area contributed by atoms with Crippen molar-refractivity contribution in [1.82, 2.24) is 0 Å². The summed E-state index contributed by atoms with van der Waals surface area (Å²) in [7, 11) is -7.66. The average molecular weight is 510 g/mol. The van der Waals surface area contributed by atoms with E-state index in [0.29, 0.717) is 5.56 Å². The summed E-state index contributed by atoms with van der Waals surface area (Å²) in [5, 5.41) is 0. The Morgan fingerprint density at radius 2 is 1.50 bits per heavy atom. The van der Waals surface area contributed by atoms with Crippen molar-refractivity contribution in [1.29, 1.82) is 0 Å². The van der Waals surface area contributed by atoms with Gasteiger partial charge in [0.1, 0.15) is 23.2 Å². The van der Waals surface area contributed by atoms with Gasteiger partial charge in [0.25, 0.3) is 0 Å². The zero-order valence-corrected chi connectivity index (χ0v) is 23.1. The van der Waals surface area contributed by atoms with E-state index in [9.17, 15) is 13.0 Å². The Kier molecular flexibility index (Phi) is 12.0. The van der Waals surface area contributed by atoms with E-state index in [1.54, 1.807) is 0 Å². The molecule has 0 saturated carbocycles. The largest absolute Gasteiger partial charge is 1.00 e. The van der Waals surface area contributed by atoms with Gasteiger partial charge in [0, 0.05) is 12.2 Å². The molecule has 3 rings (SSSR count). The van der Waals surface area contributed by atoms with E-state index in [0.717, 1.165) is 41.1 Å². The van der Waals surface area contributed by atoms with E-state index in [2.05, 4.69) is 36.6 Å². The van der Waals surface area contributed by atoms with E-state index >= 15 is 0 Å². The number of rotatable bonds is 5. The van der Waals surface area contributed by atoms with E-state index in [-0.39, 0.29) is 34.5 Å². The van der Waals surface area contributed by atoms with E-state index < -0.39 is 20.7 Å². The van der Waals surface area contributed by atoms with E-state index in [1.807, 2.05) is 43.3 Å². The smallest absolute Gasteiger partial charge is 0.745 e. The van der Waals surface area contributed by atoms with Gasteiger partial charge in [-0.2, -0.15) is 0 Å². The van der Waals surface area contributed by atoms with Gasteiger partial charge in [-0.1, -0.05) is 58.7 Å². The van der Waals surface area contributed by atoms with Gasteiger partial charge < -0.3 is 4.55 Å². The summed E-state index contributed by atoms with van der Waals surface area (Å²) in [4.78, 5) is -0.254. The number of hydrogen-bond acceptors (Lipinski definition) is 6. The van der Waals surface area contributed by atoms with Crippen LogP contribution in [0, 0.1) is 13.0 Å². The van der Waals surface area contributed by atoms with Crippen LogP contribution in [-0.2, 0) is 20.7 Å². The minimum absolute atomic E-state index is 0. The molecular formula is C24H24NNaO6S2. The predicted octanol–water partition coefficient (Wildman–Crippen LogP) is 0.120. The zero-order valence-electron chi connectivity index (χ0n) is 19.5. The fourth-order valence-electron chi connectivity index (χ4n) is 3.37. The normalized spacial score (nSPS) is 12.4. The minimum atomic E-state index is -4.54. The Hall–Kier alpha value is -2.14. The number of allylic oxidation sites excluding steroid dienone is 5. The maximum atomic E-state index is 11.5. The minimum Gasteiger partial charge on any atom is -0.745 e. The van der Waals surface area contributed by atoms with Crippen LogP contribution in [0.4, 0.5) is 0 Å². The molecular weight excluding hydrogens is 485 g/mol. The van der Waals surface area contributed by atoms with Crippen LogP contribution in [0.25, 0.3) is 5.57 Å². The van der Waals surface area contributed by atoms with E-state index in [4.69, 9.17) is 12.6 Å². The summed E-state index contributed by atoms with van der Waals surface area (Å²) in [6, 6.07) is 15.3. The third-order valence-corrected chi connectivity index (χ3v) is 5.79. The van der Waals surface area contributed by atoms with Gasteiger partial charge in [-0.25, -0.2) is 13.0 Å². The maximum absolute atomic E-state index is 11.5. The van der Waals surface area contributed by atoms with Crippen molar-refractivity contribution in [2.75, 3.05) is 13.1 Å². The molecule has 0 aliphatic heterocycles. The summed E-state index contributed by atoms with van der Waals surface area (Å²) in [5.74, 6) is 0. The molecule has 10 heteroatoms. The Morgan fingerprint density at radius 3 is 1.97 bits per heavy atom. The molecule has 7 nitrogen and oxygen atoms in total. The SMILES string of the molecule is CC[N+](CC)=C1C=CC(=C(c2[c-]ccc(S(=O)(=O)[O-])c2)c2ccc(C)cc2)C=C1.O=S(=O)=O.[Na+]. The molecule has 2 aromatic rings. The molecule has 1 aliphatic rings. The topological polar surface area (TPSA) is 111 Å². The molecule has 0 fully saturated rings. The van der Waals surface area contributed by atoms with Crippen LogP contribution in [0.3, 0.4) is 0 Å². The van der Waals surface area contributed by atoms with Crippen LogP contribution in [0.5, 0.6) is 0 Å². The molecule has 0 radical (unpaired) electrons. The van der Waals surface area contributed by atoms with Crippen LogP contribution in [0.2, 0.25) is 0 Å². The summed E-state index contributed by atoms with van der Waals surface area (Å²) in [5.41, 5.74) is 5.53. The second-order valence-electron chi connectivity index (χ2n) is 7.06. The zero-order chi connectivity index (χ0) is 24.6. The average Bonchev–Trinajstić information content (AvgIpc) is 2.76. The summed E-state index contributed by atoms with van der Waals surface area (Å²) >= 11 is 0. The molecule has 0 amide bonds. The summed E-state index contributed by atoms with van der Waals surface area (Å²) in [6.45, 7) is 8.08. The van der Waals surface area contributed by atoms with Gasteiger partial charge in [-0.3, -0.25) is 0 Å². The molecule has 0 saturated heterocycles. The Morgan fingerprint density at radius 1 is 0.971 bits per heavy atom. The van der Waals surface area contributed by atoms with Crippen molar-refractivity contribution in [2.45, 2.75) is 25.7 Å². The number of benzene rings is 2. The van der Waals surface area contributed by atoms with Crippen molar-refractivity contribution in [3.05, 3.63) is 95.1 Å². The quantitative estimate of drug-likeness (QED) is 0.245. The molecule has 0 spiro atoms.